The molecule has 0 saturated heterocycles. The fourth-order valence-electron chi connectivity index (χ4n) is 2.92. The number of hydrogen-bond donors (Lipinski definition) is 0. The van der Waals surface area contributed by atoms with Gasteiger partial charge in [0.1, 0.15) is 0 Å². The summed E-state index contributed by atoms with van der Waals surface area (Å²) in [5, 5.41) is 2.56. The average molecular weight is 306 g/mol. The lowest BCUT2D eigenvalue weighted by molar-refractivity contribution is 1.60. The normalized spacial score (nSPS) is 11.2. The molecule has 0 saturated carbocycles. The molecule has 0 amide bonds. The second-order valence-corrected chi connectivity index (χ2v) is 5.93. The lowest BCUT2D eigenvalue weighted by Gasteiger charge is -2.02. The zero-order chi connectivity index (χ0) is 16.2. The summed E-state index contributed by atoms with van der Waals surface area (Å²) in [4.78, 5) is 0. The maximum absolute atomic E-state index is 2.23. The molecule has 4 rings (SSSR count). The van der Waals surface area contributed by atoms with Crippen molar-refractivity contribution in [2.24, 2.45) is 0 Å². The summed E-state index contributed by atoms with van der Waals surface area (Å²) in [5.74, 6) is 0. The zero-order valence-electron chi connectivity index (χ0n) is 13.4. The van der Waals surface area contributed by atoms with Crippen LogP contribution in [0.25, 0.3) is 34.1 Å². The van der Waals surface area contributed by atoms with E-state index >= 15 is 0 Å². The number of fused-ring (bicyclic) bond motifs is 1. The Morgan fingerprint density at radius 2 is 1.00 bits per heavy atom. The van der Waals surface area contributed by atoms with Crippen molar-refractivity contribution in [2.75, 3.05) is 0 Å². The van der Waals surface area contributed by atoms with Crippen LogP contribution in [0.2, 0.25) is 0 Å². The molecule has 4 aromatic rings. The van der Waals surface area contributed by atoms with Gasteiger partial charge in [0, 0.05) is 0 Å². The molecule has 24 heavy (non-hydrogen) atoms. The van der Waals surface area contributed by atoms with Gasteiger partial charge in [-0.2, -0.15) is 0 Å². The van der Waals surface area contributed by atoms with E-state index in [1.165, 1.54) is 33.0 Å². The lowest BCUT2D eigenvalue weighted by Crippen LogP contribution is -1.78. The summed E-state index contributed by atoms with van der Waals surface area (Å²) in [5.41, 5.74) is 4.93. The van der Waals surface area contributed by atoms with Gasteiger partial charge in [-0.05, 0) is 39.1 Å². The highest BCUT2D eigenvalue weighted by Crippen LogP contribution is 2.21. The second kappa shape index (κ2) is 6.55. The van der Waals surface area contributed by atoms with Crippen molar-refractivity contribution in [2.45, 2.75) is 0 Å². The van der Waals surface area contributed by atoms with Crippen molar-refractivity contribution in [1.82, 2.24) is 0 Å². The van der Waals surface area contributed by atoms with Crippen LogP contribution in [0.5, 0.6) is 0 Å². The first kappa shape index (κ1) is 14.5. The average Bonchev–Trinajstić information content (AvgIpc) is 2.67. The molecule has 0 heterocycles. The molecule has 0 aromatic heterocycles. The minimum Gasteiger partial charge on any atom is -0.0622 e. The molecule has 0 fully saturated rings. The van der Waals surface area contributed by atoms with Gasteiger partial charge in [-0.15, -0.1) is 0 Å². The van der Waals surface area contributed by atoms with E-state index in [9.17, 15) is 0 Å². The van der Waals surface area contributed by atoms with Crippen LogP contribution in [0.15, 0.2) is 97.1 Å². The van der Waals surface area contributed by atoms with Crippen molar-refractivity contribution in [3.05, 3.63) is 108 Å². The van der Waals surface area contributed by atoms with Gasteiger partial charge >= 0.3 is 0 Å². The molecule has 0 aliphatic heterocycles. The highest BCUT2D eigenvalue weighted by atomic mass is 14.0. The molecule has 114 valence electrons. The van der Waals surface area contributed by atoms with Gasteiger partial charge in [-0.1, -0.05) is 103 Å². The number of benzene rings is 4. The van der Waals surface area contributed by atoms with E-state index in [-0.39, 0.29) is 0 Å². The van der Waals surface area contributed by atoms with Crippen LogP contribution in [0.3, 0.4) is 0 Å². The van der Waals surface area contributed by atoms with Crippen molar-refractivity contribution in [1.29, 1.82) is 0 Å². The van der Waals surface area contributed by atoms with Crippen molar-refractivity contribution < 1.29 is 0 Å². The molecule has 0 spiro atoms. The van der Waals surface area contributed by atoms with Gasteiger partial charge in [0.25, 0.3) is 0 Å². The lowest BCUT2D eigenvalue weighted by atomic mass is 10.0. The Morgan fingerprint density at radius 3 is 1.79 bits per heavy atom. The maximum Gasteiger partial charge on any atom is -0.0178 e. The van der Waals surface area contributed by atoms with Gasteiger partial charge in [-0.25, -0.2) is 0 Å². The molecule has 0 aliphatic rings. The Kier molecular flexibility index (Phi) is 3.95. The smallest absolute Gasteiger partial charge is 0.0178 e. The quantitative estimate of drug-likeness (QED) is 0.370. The highest BCUT2D eigenvalue weighted by Gasteiger charge is 1.96. The molecule has 0 nitrogen and oxygen atoms in total. The predicted molar refractivity (Wildman–Crippen MR) is 105 cm³/mol. The summed E-state index contributed by atoms with van der Waals surface area (Å²) in [6.07, 6.45) is 4.34. The summed E-state index contributed by atoms with van der Waals surface area (Å²) in [6, 6.07) is 34.2. The number of hydrogen-bond acceptors (Lipinski definition) is 0. The Labute approximate surface area is 142 Å². The van der Waals surface area contributed by atoms with E-state index in [2.05, 4.69) is 103 Å². The number of rotatable bonds is 3. The monoisotopic (exact) mass is 306 g/mol. The fourth-order valence-corrected chi connectivity index (χ4v) is 2.92. The van der Waals surface area contributed by atoms with Crippen LogP contribution in [0.4, 0.5) is 0 Å². The van der Waals surface area contributed by atoms with E-state index in [0.29, 0.717) is 0 Å². The molecule has 0 unspecified atom stereocenters. The van der Waals surface area contributed by atoms with Crippen LogP contribution in [-0.2, 0) is 0 Å². The van der Waals surface area contributed by atoms with Crippen LogP contribution < -0.4 is 0 Å². The molecular formula is C24H18. The Balaban J connectivity index is 1.56. The molecule has 4 aromatic carbocycles. The molecule has 0 radical (unpaired) electrons. The molecule has 0 bridgehead atoms. The summed E-state index contributed by atoms with van der Waals surface area (Å²) in [7, 11) is 0. The largest absolute Gasteiger partial charge is 0.0622 e. The first-order valence-electron chi connectivity index (χ1n) is 8.21. The van der Waals surface area contributed by atoms with E-state index in [4.69, 9.17) is 0 Å². The van der Waals surface area contributed by atoms with E-state index in [0.717, 1.165) is 0 Å². The van der Waals surface area contributed by atoms with Crippen molar-refractivity contribution >= 4 is 22.9 Å². The Bertz CT molecular complexity index is 977. The summed E-state index contributed by atoms with van der Waals surface area (Å²) < 4.78 is 0. The summed E-state index contributed by atoms with van der Waals surface area (Å²) in [6.45, 7) is 0. The van der Waals surface area contributed by atoms with Gasteiger partial charge in [0.15, 0.2) is 0 Å². The van der Waals surface area contributed by atoms with Crippen molar-refractivity contribution in [3.8, 4) is 11.1 Å². The first-order valence-corrected chi connectivity index (χ1v) is 8.21. The second-order valence-electron chi connectivity index (χ2n) is 5.93. The molecule has 0 heteroatoms. The van der Waals surface area contributed by atoms with Gasteiger partial charge in [0.05, 0.1) is 0 Å². The topological polar surface area (TPSA) is 0 Å². The third-order valence-corrected chi connectivity index (χ3v) is 4.26. The summed E-state index contributed by atoms with van der Waals surface area (Å²) >= 11 is 0. The standard InChI is InChI=1S/C24H18/c1-2-6-21(7-3-1)23-15-12-19(13-16-23)10-11-20-14-17-22-8-4-5-9-24(22)18-20/h1-18H. The van der Waals surface area contributed by atoms with Crippen LogP contribution in [0, 0.1) is 0 Å². The van der Waals surface area contributed by atoms with Gasteiger partial charge in [-0.3, -0.25) is 0 Å². The molecule has 0 aliphatic carbocycles. The van der Waals surface area contributed by atoms with E-state index < -0.39 is 0 Å². The van der Waals surface area contributed by atoms with E-state index in [1.54, 1.807) is 0 Å². The Hall–Kier alpha value is -3.12. The predicted octanol–water partition coefficient (Wildman–Crippen LogP) is 6.68. The molecular weight excluding hydrogens is 288 g/mol. The van der Waals surface area contributed by atoms with Gasteiger partial charge in [0.2, 0.25) is 0 Å². The van der Waals surface area contributed by atoms with Crippen molar-refractivity contribution in [3.63, 3.8) is 0 Å². The minimum atomic E-state index is 1.21. The first-order chi connectivity index (χ1) is 11.9. The highest BCUT2D eigenvalue weighted by molar-refractivity contribution is 5.86. The van der Waals surface area contributed by atoms with Crippen LogP contribution >= 0.6 is 0 Å². The maximum atomic E-state index is 2.23. The molecule has 0 atom stereocenters. The Morgan fingerprint density at radius 1 is 0.417 bits per heavy atom. The SMILES string of the molecule is C(=Cc1ccc2ccccc2c1)c1ccc(-c2ccccc2)cc1. The van der Waals surface area contributed by atoms with Crippen LogP contribution in [0.1, 0.15) is 11.1 Å². The zero-order valence-corrected chi connectivity index (χ0v) is 13.4. The van der Waals surface area contributed by atoms with Crippen LogP contribution in [-0.4, -0.2) is 0 Å². The third kappa shape index (κ3) is 3.13. The fraction of sp³-hybridized carbons (Fsp3) is 0. The minimum absolute atomic E-state index is 1.21. The van der Waals surface area contributed by atoms with E-state index in [1.807, 2.05) is 6.07 Å². The molecule has 0 N–H and O–H groups in total. The van der Waals surface area contributed by atoms with Gasteiger partial charge < -0.3 is 0 Å². The third-order valence-electron chi connectivity index (χ3n) is 4.26.